The van der Waals surface area contributed by atoms with Gasteiger partial charge in [0.05, 0.1) is 47.8 Å². The molecule has 0 unspecified atom stereocenters. The van der Waals surface area contributed by atoms with Crippen molar-refractivity contribution in [2.24, 2.45) is 23.7 Å². The summed E-state index contributed by atoms with van der Waals surface area (Å²) in [6.45, 7) is 10.0. The van der Waals surface area contributed by atoms with Crippen molar-refractivity contribution in [3.05, 3.63) is 53.3 Å². The summed E-state index contributed by atoms with van der Waals surface area (Å²) < 4.78 is 23.1. The molecule has 2 aromatic carbocycles. The first kappa shape index (κ1) is 39.2. The van der Waals surface area contributed by atoms with E-state index in [-0.39, 0.29) is 38.9 Å². The van der Waals surface area contributed by atoms with Gasteiger partial charge in [-0.2, -0.15) is 0 Å². The van der Waals surface area contributed by atoms with Crippen LogP contribution >= 0.6 is 0 Å². The van der Waals surface area contributed by atoms with Crippen molar-refractivity contribution in [3.63, 3.8) is 0 Å². The maximum absolute atomic E-state index is 13.9. The molecule has 0 aliphatic carbocycles. The molecule has 5 rings (SSSR count). The lowest BCUT2D eigenvalue weighted by Crippen LogP contribution is -2.46. The zero-order chi connectivity index (χ0) is 38.1. The SMILES string of the molecule is CO[C@H]1C=CO[C@@]2(C)Oc3c(C)c(O)c4c(O)c(cc(O)c4c3C2=O)NC(=O)C(CO)=CC=C[C@H](C)[C@H](O)[C@@H](C)[C@@H](O)[C@@H](C)[C@H](OC(C)=O)[C@@H]1C. The molecule has 3 aliphatic rings. The van der Waals surface area contributed by atoms with Crippen molar-refractivity contribution in [2.75, 3.05) is 19.0 Å². The smallest absolute Gasteiger partial charge is 0.312 e. The van der Waals surface area contributed by atoms with Crippen LogP contribution in [0.1, 0.15) is 57.5 Å². The number of ketones is 1. The molecule has 0 saturated heterocycles. The van der Waals surface area contributed by atoms with Crippen molar-refractivity contribution in [2.45, 2.75) is 78.7 Å². The summed E-state index contributed by atoms with van der Waals surface area (Å²) in [5.74, 6) is -8.68. The highest BCUT2D eigenvalue weighted by atomic mass is 16.7. The lowest BCUT2D eigenvalue weighted by molar-refractivity contribution is -0.160. The quantitative estimate of drug-likeness (QED) is 0.137. The molecular weight excluding hydrogens is 666 g/mol. The highest BCUT2D eigenvalue weighted by Crippen LogP contribution is 2.53. The van der Waals surface area contributed by atoms with Crippen LogP contribution < -0.4 is 10.1 Å². The van der Waals surface area contributed by atoms with E-state index in [0.29, 0.717) is 0 Å². The molecule has 9 atom stereocenters. The Balaban J connectivity index is 1.89. The van der Waals surface area contributed by atoms with Gasteiger partial charge in [0, 0.05) is 67.2 Å². The number of phenolic OH excluding ortho intramolecular Hbond substituents is 3. The number of rotatable bonds is 3. The van der Waals surface area contributed by atoms with Crippen LogP contribution in [0.4, 0.5) is 5.69 Å². The number of fused-ring (bicyclic) bond motifs is 14. The van der Waals surface area contributed by atoms with Gasteiger partial charge in [-0.15, -0.1) is 0 Å². The van der Waals surface area contributed by atoms with E-state index in [9.17, 15) is 45.0 Å². The molecule has 3 aliphatic heterocycles. The Morgan fingerprint density at radius 1 is 0.980 bits per heavy atom. The third-order valence-electron chi connectivity index (χ3n) is 9.89. The van der Waals surface area contributed by atoms with Crippen LogP contribution in [0, 0.1) is 30.6 Å². The van der Waals surface area contributed by atoms with E-state index in [4.69, 9.17) is 18.9 Å². The number of methoxy groups -OCH3 is 1. The number of carbonyl (C=O) groups is 3. The second-order valence-electron chi connectivity index (χ2n) is 13.4. The summed E-state index contributed by atoms with van der Waals surface area (Å²) in [5, 5.41) is 67.9. The Labute approximate surface area is 295 Å². The molecule has 0 radical (unpaired) electrons. The fourth-order valence-corrected chi connectivity index (χ4v) is 6.73. The molecule has 0 aromatic heterocycles. The van der Waals surface area contributed by atoms with Gasteiger partial charge in [0.2, 0.25) is 0 Å². The van der Waals surface area contributed by atoms with Gasteiger partial charge in [0.25, 0.3) is 11.7 Å². The zero-order valence-corrected chi connectivity index (χ0v) is 29.8. The number of phenols is 3. The Kier molecular flexibility index (Phi) is 11.8. The Morgan fingerprint density at radius 3 is 2.25 bits per heavy atom. The maximum atomic E-state index is 13.9. The van der Waals surface area contributed by atoms with Crippen LogP contribution in [0.3, 0.4) is 0 Å². The third-order valence-corrected chi connectivity index (χ3v) is 9.89. The van der Waals surface area contributed by atoms with Gasteiger partial charge < -0.3 is 54.9 Å². The Morgan fingerprint density at radius 2 is 1.65 bits per heavy atom. The summed E-state index contributed by atoms with van der Waals surface area (Å²) >= 11 is 0. The number of Topliss-reactive ketones (excluding diaryl/α,β-unsaturated/α-hetero) is 1. The summed E-state index contributed by atoms with van der Waals surface area (Å²) in [6.07, 6.45) is 3.02. The van der Waals surface area contributed by atoms with Crippen molar-refractivity contribution in [3.8, 4) is 23.0 Å². The van der Waals surface area contributed by atoms with E-state index in [0.717, 1.165) is 6.07 Å². The number of esters is 1. The lowest BCUT2D eigenvalue weighted by Gasteiger charge is -2.38. The van der Waals surface area contributed by atoms with Crippen LogP contribution in [0.5, 0.6) is 23.0 Å². The first-order chi connectivity index (χ1) is 23.9. The first-order valence-corrected chi connectivity index (χ1v) is 16.6. The van der Waals surface area contributed by atoms with E-state index in [2.05, 4.69) is 5.32 Å². The summed E-state index contributed by atoms with van der Waals surface area (Å²) in [4.78, 5) is 39.3. The van der Waals surface area contributed by atoms with Gasteiger partial charge in [-0.25, -0.2) is 0 Å². The number of hydrogen-bond donors (Lipinski definition) is 7. The summed E-state index contributed by atoms with van der Waals surface area (Å²) in [5.41, 5.74) is -0.624. The number of nitrogens with one attached hydrogen (secondary N) is 1. The van der Waals surface area contributed by atoms with E-state index in [1.54, 1.807) is 33.8 Å². The zero-order valence-electron chi connectivity index (χ0n) is 29.8. The highest BCUT2D eigenvalue weighted by Gasteiger charge is 2.49. The molecular formula is C37H47NO13. The number of anilines is 1. The van der Waals surface area contributed by atoms with Crippen molar-refractivity contribution in [1.29, 1.82) is 0 Å². The highest BCUT2D eigenvalue weighted by molar-refractivity contribution is 6.21. The normalized spacial score (nSPS) is 30.5. The second kappa shape index (κ2) is 15.3. The van der Waals surface area contributed by atoms with Gasteiger partial charge in [-0.3, -0.25) is 14.4 Å². The molecule has 1 amide bonds. The molecule has 0 fully saturated rings. The number of aliphatic hydroxyl groups is 3. The number of aromatic hydroxyl groups is 3. The maximum Gasteiger partial charge on any atom is 0.312 e. The van der Waals surface area contributed by atoms with Gasteiger partial charge >= 0.3 is 11.8 Å². The van der Waals surface area contributed by atoms with E-state index in [1.165, 1.54) is 52.4 Å². The molecule has 2 aromatic rings. The van der Waals surface area contributed by atoms with Gasteiger partial charge in [-0.1, -0.05) is 45.9 Å². The minimum Gasteiger partial charge on any atom is -0.507 e. The lowest BCUT2D eigenvalue weighted by atomic mass is 9.78. The number of benzene rings is 2. The summed E-state index contributed by atoms with van der Waals surface area (Å²) in [6, 6.07) is 0.994. The van der Waals surface area contributed by atoms with Crippen molar-refractivity contribution < 1.29 is 64.0 Å². The predicted molar refractivity (Wildman–Crippen MR) is 185 cm³/mol. The number of hydrogen-bond acceptors (Lipinski definition) is 13. The fourth-order valence-electron chi connectivity index (χ4n) is 6.73. The Hall–Kier alpha value is -4.63. The average molecular weight is 714 g/mol. The first-order valence-electron chi connectivity index (χ1n) is 16.6. The number of aliphatic hydroxyl groups excluding tert-OH is 3. The molecule has 5 bridgehead atoms. The van der Waals surface area contributed by atoms with E-state index >= 15 is 0 Å². The monoisotopic (exact) mass is 713 g/mol. The third kappa shape index (κ3) is 7.40. The van der Waals surface area contributed by atoms with Crippen LogP contribution in [0.25, 0.3) is 10.8 Å². The van der Waals surface area contributed by atoms with Crippen molar-refractivity contribution >= 4 is 34.1 Å². The average Bonchev–Trinajstić information content (AvgIpc) is 3.35. The summed E-state index contributed by atoms with van der Waals surface area (Å²) in [7, 11) is 1.42. The van der Waals surface area contributed by atoms with Gasteiger partial charge in [0.1, 0.15) is 23.4 Å². The second-order valence-corrected chi connectivity index (χ2v) is 13.4. The van der Waals surface area contributed by atoms with Crippen molar-refractivity contribution in [1.82, 2.24) is 0 Å². The molecule has 0 spiro atoms. The minimum absolute atomic E-state index is 0.0395. The van der Waals surface area contributed by atoms with Gasteiger partial charge in [-0.05, 0) is 13.0 Å². The number of allylic oxidation sites excluding steroid dienone is 2. The molecule has 14 heteroatoms. The largest absolute Gasteiger partial charge is 0.507 e. The molecule has 0 saturated carbocycles. The van der Waals surface area contributed by atoms with E-state index in [1.807, 2.05) is 0 Å². The number of carbonyl (C=O) groups excluding carboxylic acids is 3. The fraction of sp³-hybridized carbons (Fsp3) is 0.486. The van der Waals surface area contributed by atoms with Crippen LogP contribution in [0.2, 0.25) is 0 Å². The topological polar surface area (TPSA) is 222 Å². The standard InChI is InChI=1S/C37H47NO13/c1-16-10-9-11-22(15-39)36(47)38-23-14-24(41)26-27(32(23)45)31(44)20(5)34-28(26)35(46)37(7,51-34)49-13-12-25(48-8)17(2)33(50-21(6)40)19(4)30(43)18(3)29(16)42/h9-14,16-19,25,29-30,33,39,41-45H,15H2,1-8H3,(H,38,47)/t16-,17+,18+,19+,25-,29-,30+,33+,37-/m0/s1. The van der Waals surface area contributed by atoms with Crippen LogP contribution in [-0.2, 0) is 23.8 Å². The molecule has 7 N–H and O–H groups in total. The Bertz CT molecular complexity index is 1780. The van der Waals surface area contributed by atoms with Crippen LogP contribution in [0.15, 0.2) is 42.2 Å². The van der Waals surface area contributed by atoms with E-state index < -0.39 is 95.4 Å². The molecule has 278 valence electrons. The minimum atomic E-state index is -2.01. The molecule has 51 heavy (non-hydrogen) atoms. The number of amides is 1. The van der Waals surface area contributed by atoms with Gasteiger partial charge in [0.15, 0.2) is 5.75 Å². The number of ether oxygens (including phenoxy) is 4. The van der Waals surface area contributed by atoms with Crippen LogP contribution in [-0.4, -0.2) is 92.2 Å². The molecule has 3 heterocycles. The predicted octanol–water partition coefficient (Wildman–Crippen LogP) is 3.73. The molecule has 14 nitrogen and oxygen atoms in total.